The third-order valence-corrected chi connectivity index (χ3v) is 5.95. The molecule has 2 N–H and O–H groups in total. The Kier molecular flexibility index (Phi) is 7.53. The van der Waals surface area contributed by atoms with Crippen LogP contribution in [0.1, 0.15) is 5.56 Å². The lowest BCUT2D eigenvalue weighted by Gasteiger charge is -2.04. The molecule has 6 nitrogen and oxygen atoms in total. The molecule has 2 aromatic carbocycles. The van der Waals surface area contributed by atoms with Crippen molar-refractivity contribution in [2.75, 3.05) is 24.7 Å². The van der Waals surface area contributed by atoms with Crippen molar-refractivity contribution in [1.82, 2.24) is 15.5 Å². The Morgan fingerprint density at radius 1 is 1.14 bits per heavy atom. The molecule has 0 unspecified atom stereocenters. The van der Waals surface area contributed by atoms with Gasteiger partial charge in [0.15, 0.2) is 4.34 Å². The highest BCUT2D eigenvalue weighted by atomic mass is 35.5. The Labute approximate surface area is 176 Å². The average Bonchev–Trinajstić information content (AvgIpc) is 3.16. The number of aromatic nitrogens is 2. The molecule has 0 saturated heterocycles. The molecule has 3 rings (SSSR count). The van der Waals surface area contributed by atoms with Gasteiger partial charge in [-0.25, -0.2) is 0 Å². The van der Waals surface area contributed by atoms with Crippen LogP contribution in [-0.4, -0.2) is 35.5 Å². The van der Waals surface area contributed by atoms with Crippen molar-refractivity contribution >= 4 is 51.4 Å². The molecular formula is C19H19ClN4O2S2. The van der Waals surface area contributed by atoms with Crippen LogP contribution in [-0.2, 0) is 11.2 Å². The second-order valence-electron chi connectivity index (χ2n) is 5.74. The molecule has 0 aliphatic carbocycles. The van der Waals surface area contributed by atoms with Crippen LogP contribution in [0.15, 0.2) is 52.9 Å². The molecule has 0 fully saturated rings. The predicted molar refractivity (Wildman–Crippen MR) is 115 cm³/mol. The number of nitrogens with one attached hydrogen (secondary N) is 2. The van der Waals surface area contributed by atoms with E-state index in [0.717, 1.165) is 27.8 Å². The number of benzene rings is 2. The van der Waals surface area contributed by atoms with Crippen LogP contribution < -0.4 is 15.4 Å². The summed E-state index contributed by atoms with van der Waals surface area (Å²) >= 11 is 8.64. The minimum Gasteiger partial charge on any atom is -0.497 e. The van der Waals surface area contributed by atoms with E-state index in [4.69, 9.17) is 16.3 Å². The molecule has 146 valence electrons. The van der Waals surface area contributed by atoms with Crippen molar-refractivity contribution in [1.29, 1.82) is 0 Å². The van der Waals surface area contributed by atoms with E-state index in [-0.39, 0.29) is 5.91 Å². The fourth-order valence-electron chi connectivity index (χ4n) is 2.29. The average molecular weight is 435 g/mol. The molecule has 0 bridgehead atoms. The number of nitrogens with zero attached hydrogens (tertiary/aromatic N) is 2. The number of carbonyl (C=O) groups excluding carboxylic acids is 1. The molecule has 9 heteroatoms. The third kappa shape index (κ3) is 6.40. The summed E-state index contributed by atoms with van der Waals surface area (Å²) in [4.78, 5) is 12.0. The van der Waals surface area contributed by atoms with Gasteiger partial charge in [-0.15, -0.1) is 10.2 Å². The summed E-state index contributed by atoms with van der Waals surface area (Å²) in [5.41, 5.74) is 2.03. The van der Waals surface area contributed by atoms with Gasteiger partial charge in [-0.2, -0.15) is 0 Å². The van der Waals surface area contributed by atoms with Gasteiger partial charge in [-0.1, -0.05) is 46.8 Å². The smallest absolute Gasteiger partial charge is 0.230 e. The standard InChI is InChI=1S/C19H19ClN4O2S2/c1-26-16-8-6-15(7-9-16)22-18-23-24-19(28-18)27-12-17(25)21-11-10-13-2-4-14(20)5-3-13/h2-9H,10-12H2,1H3,(H,21,25)(H,22,23). The van der Waals surface area contributed by atoms with Gasteiger partial charge in [0.2, 0.25) is 11.0 Å². The lowest BCUT2D eigenvalue weighted by molar-refractivity contribution is -0.118. The molecule has 0 spiro atoms. The van der Waals surface area contributed by atoms with Crippen molar-refractivity contribution in [2.45, 2.75) is 10.8 Å². The van der Waals surface area contributed by atoms with Crippen molar-refractivity contribution < 1.29 is 9.53 Å². The van der Waals surface area contributed by atoms with E-state index in [1.807, 2.05) is 48.5 Å². The van der Waals surface area contributed by atoms with E-state index in [2.05, 4.69) is 20.8 Å². The van der Waals surface area contributed by atoms with Crippen LogP contribution in [0.4, 0.5) is 10.8 Å². The number of halogens is 1. The second-order valence-corrected chi connectivity index (χ2v) is 8.38. The van der Waals surface area contributed by atoms with Gasteiger partial charge in [-0.3, -0.25) is 4.79 Å². The molecular weight excluding hydrogens is 416 g/mol. The summed E-state index contributed by atoms with van der Waals surface area (Å²) in [5, 5.41) is 15.7. The van der Waals surface area contributed by atoms with Crippen LogP contribution in [0.3, 0.4) is 0 Å². The van der Waals surface area contributed by atoms with Crippen LogP contribution in [0.5, 0.6) is 5.75 Å². The SMILES string of the molecule is COc1ccc(Nc2nnc(SCC(=O)NCCc3ccc(Cl)cc3)s2)cc1. The van der Waals surface area contributed by atoms with E-state index in [1.165, 1.54) is 23.1 Å². The van der Waals surface area contributed by atoms with E-state index in [0.29, 0.717) is 22.5 Å². The second kappa shape index (κ2) is 10.3. The Bertz CT molecular complexity index is 901. The topological polar surface area (TPSA) is 76.1 Å². The summed E-state index contributed by atoms with van der Waals surface area (Å²) < 4.78 is 5.88. The molecule has 0 saturated carbocycles. The minimum absolute atomic E-state index is 0.0289. The fraction of sp³-hybridized carbons (Fsp3) is 0.211. The lowest BCUT2D eigenvalue weighted by atomic mass is 10.1. The van der Waals surface area contributed by atoms with E-state index < -0.39 is 0 Å². The fourth-order valence-corrected chi connectivity index (χ4v) is 4.02. The largest absolute Gasteiger partial charge is 0.497 e. The van der Waals surface area contributed by atoms with Crippen molar-refractivity contribution in [3.8, 4) is 5.75 Å². The molecule has 0 aliphatic rings. The predicted octanol–water partition coefficient (Wildman–Crippen LogP) is 4.39. The number of hydrogen-bond acceptors (Lipinski definition) is 7. The number of hydrogen-bond donors (Lipinski definition) is 2. The Balaban J connectivity index is 1.39. The highest BCUT2D eigenvalue weighted by Crippen LogP contribution is 2.28. The highest BCUT2D eigenvalue weighted by molar-refractivity contribution is 8.01. The van der Waals surface area contributed by atoms with Crippen LogP contribution in [0, 0.1) is 0 Å². The van der Waals surface area contributed by atoms with Crippen molar-refractivity contribution in [3.63, 3.8) is 0 Å². The van der Waals surface area contributed by atoms with E-state index >= 15 is 0 Å². The number of ether oxygens (including phenoxy) is 1. The summed E-state index contributed by atoms with van der Waals surface area (Å²) in [6.07, 6.45) is 0.766. The molecule has 0 atom stereocenters. The molecule has 28 heavy (non-hydrogen) atoms. The van der Waals surface area contributed by atoms with Gasteiger partial charge >= 0.3 is 0 Å². The van der Waals surface area contributed by atoms with Gasteiger partial charge in [-0.05, 0) is 48.4 Å². The van der Waals surface area contributed by atoms with Gasteiger partial charge in [0.05, 0.1) is 12.9 Å². The molecule has 0 aliphatic heterocycles. The number of carbonyl (C=O) groups is 1. The normalized spacial score (nSPS) is 10.5. The quantitative estimate of drug-likeness (QED) is 0.486. The summed E-state index contributed by atoms with van der Waals surface area (Å²) in [7, 11) is 1.63. The van der Waals surface area contributed by atoms with Gasteiger partial charge in [0.25, 0.3) is 0 Å². The number of thioether (sulfide) groups is 1. The third-order valence-electron chi connectivity index (χ3n) is 3.72. The maximum Gasteiger partial charge on any atom is 0.230 e. The van der Waals surface area contributed by atoms with Crippen LogP contribution in [0.2, 0.25) is 5.02 Å². The molecule has 1 aromatic heterocycles. The zero-order valence-electron chi connectivity index (χ0n) is 15.1. The Hall–Kier alpha value is -2.29. The summed E-state index contributed by atoms with van der Waals surface area (Å²) in [6, 6.07) is 15.2. The summed E-state index contributed by atoms with van der Waals surface area (Å²) in [5.74, 6) is 1.07. The monoisotopic (exact) mass is 434 g/mol. The maximum atomic E-state index is 12.0. The Morgan fingerprint density at radius 3 is 2.61 bits per heavy atom. The molecule has 3 aromatic rings. The van der Waals surface area contributed by atoms with Crippen molar-refractivity contribution in [3.05, 3.63) is 59.1 Å². The molecule has 1 amide bonds. The number of rotatable bonds is 9. The minimum atomic E-state index is -0.0289. The molecule has 1 heterocycles. The van der Waals surface area contributed by atoms with E-state index in [9.17, 15) is 4.79 Å². The summed E-state index contributed by atoms with van der Waals surface area (Å²) in [6.45, 7) is 0.585. The zero-order chi connectivity index (χ0) is 19.8. The number of methoxy groups -OCH3 is 1. The van der Waals surface area contributed by atoms with E-state index in [1.54, 1.807) is 7.11 Å². The number of anilines is 2. The zero-order valence-corrected chi connectivity index (χ0v) is 17.5. The highest BCUT2D eigenvalue weighted by Gasteiger charge is 2.08. The first-order valence-corrected chi connectivity index (χ1v) is 10.7. The first-order chi connectivity index (χ1) is 13.6. The van der Waals surface area contributed by atoms with Crippen LogP contribution >= 0.6 is 34.7 Å². The van der Waals surface area contributed by atoms with Gasteiger partial charge < -0.3 is 15.4 Å². The maximum absolute atomic E-state index is 12.0. The first kappa shape index (κ1) is 20.4. The number of amides is 1. The Morgan fingerprint density at radius 2 is 1.89 bits per heavy atom. The lowest BCUT2D eigenvalue weighted by Crippen LogP contribution is -2.27. The van der Waals surface area contributed by atoms with Crippen molar-refractivity contribution in [2.24, 2.45) is 0 Å². The van der Waals surface area contributed by atoms with Crippen LogP contribution in [0.25, 0.3) is 0 Å². The van der Waals surface area contributed by atoms with Gasteiger partial charge in [0.1, 0.15) is 5.75 Å². The molecule has 0 radical (unpaired) electrons. The first-order valence-electron chi connectivity index (χ1n) is 8.51. The van der Waals surface area contributed by atoms with Gasteiger partial charge in [0, 0.05) is 17.3 Å².